The normalized spacial score (nSPS) is 12.5. The summed E-state index contributed by atoms with van der Waals surface area (Å²) in [6.07, 6.45) is 6.17. The van der Waals surface area contributed by atoms with Crippen molar-refractivity contribution in [1.82, 2.24) is 9.55 Å². The number of hydrogen-bond acceptors (Lipinski definition) is 3. The average molecular weight is 318 g/mol. The zero-order valence-electron chi connectivity index (χ0n) is 13.2. The standard InChI is InChI=1S/C20H18N2O2/c23-20-17-8-4-11-21-18(17)14-22(20)12-10-16(19-9-5-13-24-19)15-6-2-1-3-7-15/h1-9,11,13-14,16,23H,10,12H2. The average Bonchev–Trinajstić information content (AvgIpc) is 3.26. The molecule has 0 bridgehead atoms. The minimum absolute atomic E-state index is 0.152. The fourth-order valence-corrected chi connectivity index (χ4v) is 3.16. The molecule has 120 valence electrons. The molecule has 1 atom stereocenters. The van der Waals surface area contributed by atoms with E-state index in [1.807, 2.05) is 53.2 Å². The number of pyridine rings is 1. The van der Waals surface area contributed by atoms with Crippen LogP contribution in [0.4, 0.5) is 0 Å². The number of aromatic nitrogens is 2. The number of furan rings is 1. The van der Waals surface area contributed by atoms with Crippen molar-refractivity contribution in [2.75, 3.05) is 0 Å². The summed E-state index contributed by atoms with van der Waals surface area (Å²) in [6, 6.07) is 18.0. The number of hydrogen-bond donors (Lipinski definition) is 1. The van der Waals surface area contributed by atoms with Gasteiger partial charge in [0.2, 0.25) is 5.88 Å². The van der Waals surface area contributed by atoms with Gasteiger partial charge in [0.05, 0.1) is 17.2 Å². The lowest BCUT2D eigenvalue weighted by Crippen LogP contribution is -2.05. The van der Waals surface area contributed by atoms with Crippen LogP contribution in [0.3, 0.4) is 0 Å². The molecule has 0 spiro atoms. The maximum Gasteiger partial charge on any atom is 0.200 e. The van der Waals surface area contributed by atoms with Crippen LogP contribution in [0.15, 0.2) is 77.7 Å². The summed E-state index contributed by atoms with van der Waals surface area (Å²) in [4.78, 5) is 4.30. The molecule has 4 heteroatoms. The minimum atomic E-state index is 0.152. The third-order valence-corrected chi connectivity index (χ3v) is 4.38. The summed E-state index contributed by atoms with van der Waals surface area (Å²) >= 11 is 0. The van der Waals surface area contributed by atoms with Crippen molar-refractivity contribution in [2.24, 2.45) is 0 Å². The van der Waals surface area contributed by atoms with Crippen molar-refractivity contribution in [3.05, 3.63) is 84.6 Å². The predicted molar refractivity (Wildman–Crippen MR) is 93.0 cm³/mol. The largest absolute Gasteiger partial charge is 0.494 e. The highest BCUT2D eigenvalue weighted by Crippen LogP contribution is 2.31. The molecule has 4 aromatic rings. The van der Waals surface area contributed by atoms with Gasteiger partial charge in [-0.3, -0.25) is 4.98 Å². The molecule has 0 saturated carbocycles. The minimum Gasteiger partial charge on any atom is -0.494 e. The smallest absolute Gasteiger partial charge is 0.200 e. The Hall–Kier alpha value is -3.01. The molecular formula is C20H18N2O2. The molecule has 0 fully saturated rings. The molecule has 3 heterocycles. The van der Waals surface area contributed by atoms with Gasteiger partial charge in [-0.25, -0.2) is 0 Å². The molecule has 0 radical (unpaired) electrons. The monoisotopic (exact) mass is 318 g/mol. The Bertz CT molecular complexity index is 927. The summed E-state index contributed by atoms with van der Waals surface area (Å²) < 4.78 is 7.50. The van der Waals surface area contributed by atoms with E-state index in [9.17, 15) is 5.11 Å². The Labute approximate surface area is 140 Å². The van der Waals surface area contributed by atoms with Crippen LogP contribution in [0.1, 0.15) is 23.7 Å². The van der Waals surface area contributed by atoms with Crippen LogP contribution in [0.25, 0.3) is 10.9 Å². The maximum absolute atomic E-state index is 10.4. The fourth-order valence-electron chi connectivity index (χ4n) is 3.16. The lowest BCUT2D eigenvalue weighted by Gasteiger charge is -2.16. The summed E-state index contributed by atoms with van der Waals surface area (Å²) in [7, 11) is 0. The van der Waals surface area contributed by atoms with Crippen LogP contribution in [0.2, 0.25) is 0 Å². The molecule has 24 heavy (non-hydrogen) atoms. The van der Waals surface area contributed by atoms with Gasteiger partial charge >= 0.3 is 0 Å². The van der Waals surface area contributed by atoms with E-state index in [1.165, 1.54) is 5.56 Å². The topological polar surface area (TPSA) is 51.2 Å². The molecule has 3 aromatic heterocycles. The highest BCUT2D eigenvalue weighted by atomic mass is 16.3. The Kier molecular flexibility index (Phi) is 3.79. The van der Waals surface area contributed by atoms with Crippen molar-refractivity contribution in [1.29, 1.82) is 0 Å². The van der Waals surface area contributed by atoms with Crippen LogP contribution >= 0.6 is 0 Å². The number of fused-ring (bicyclic) bond motifs is 1. The van der Waals surface area contributed by atoms with Gasteiger partial charge in [-0.1, -0.05) is 30.3 Å². The zero-order valence-corrected chi connectivity index (χ0v) is 13.2. The first kappa shape index (κ1) is 14.6. The van der Waals surface area contributed by atoms with Gasteiger partial charge in [0.25, 0.3) is 0 Å². The second-order valence-corrected chi connectivity index (χ2v) is 5.85. The third kappa shape index (κ3) is 2.67. The Morgan fingerprint density at radius 3 is 2.67 bits per heavy atom. The number of nitrogens with zero attached hydrogens (tertiary/aromatic N) is 2. The highest BCUT2D eigenvalue weighted by molar-refractivity contribution is 5.84. The van der Waals surface area contributed by atoms with Crippen molar-refractivity contribution in [3.8, 4) is 5.88 Å². The summed E-state index contributed by atoms with van der Waals surface area (Å²) in [5.74, 6) is 1.36. The molecule has 4 nitrogen and oxygen atoms in total. The van der Waals surface area contributed by atoms with E-state index in [-0.39, 0.29) is 11.8 Å². The molecule has 0 saturated heterocycles. The molecule has 0 aliphatic rings. The summed E-state index contributed by atoms with van der Waals surface area (Å²) in [5, 5.41) is 11.2. The van der Waals surface area contributed by atoms with Crippen LogP contribution in [-0.4, -0.2) is 14.7 Å². The van der Waals surface area contributed by atoms with Crippen molar-refractivity contribution >= 4 is 10.9 Å². The van der Waals surface area contributed by atoms with E-state index in [0.717, 1.165) is 23.1 Å². The van der Waals surface area contributed by atoms with Crippen LogP contribution < -0.4 is 0 Å². The van der Waals surface area contributed by atoms with E-state index in [0.29, 0.717) is 6.54 Å². The van der Waals surface area contributed by atoms with Gasteiger partial charge < -0.3 is 14.1 Å². The van der Waals surface area contributed by atoms with Gasteiger partial charge in [0.1, 0.15) is 5.76 Å². The SMILES string of the molecule is Oc1c2cccnc2cn1CCC(c1ccccc1)c1ccco1. The maximum atomic E-state index is 10.4. The van der Waals surface area contributed by atoms with Gasteiger partial charge in [-0.05, 0) is 36.2 Å². The van der Waals surface area contributed by atoms with E-state index < -0.39 is 0 Å². The van der Waals surface area contributed by atoms with E-state index >= 15 is 0 Å². The van der Waals surface area contributed by atoms with Crippen LogP contribution in [-0.2, 0) is 6.54 Å². The first-order chi connectivity index (χ1) is 11.8. The van der Waals surface area contributed by atoms with E-state index in [2.05, 4.69) is 17.1 Å². The van der Waals surface area contributed by atoms with E-state index in [1.54, 1.807) is 12.5 Å². The molecule has 0 amide bonds. The van der Waals surface area contributed by atoms with Gasteiger partial charge in [-0.2, -0.15) is 0 Å². The molecule has 1 aromatic carbocycles. The quantitative estimate of drug-likeness (QED) is 0.587. The van der Waals surface area contributed by atoms with Gasteiger partial charge in [-0.15, -0.1) is 0 Å². The zero-order chi connectivity index (χ0) is 16.4. The Morgan fingerprint density at radius 1 is 1.04 bits per heavy atom. The number of aromatic hydroxyl groups is 1. The summed E-state index contributed by atoms with van der Waals surface area (Å²) in [5.41, 5.74) is 2.02. The molecular weight excluding hydrogens is 300 g/mol. The van der Waals surface area contributed by atoms with Crippen LogP contribution in [0.5, 0.6) is 5.88 Å². The lowest BCUT2D eigenvalue weighted by molar-refractivity contribution is 0.405. The molecule has 0 aliphatic heterocycles. The number of aryl methyl sites for hydroxylation is 1. The Morgan fingerprint density at radius 2 is 1.92 bits per heavy atom. The highest BCUT2D eigenvalue weighted by Gasteiger charge is 2.18. The van der Waals surface area contributed by atoms with E-state index in [4.69, 9.17) is 4.42 Å². The molecule has 0 aliphatic carbocycles. The first-order valence-electron chi connectivity index (χ1n) is 8.04. The molecule has 1 unspecified atom stereocenters. The second kappa shape index (κ2) is 6.24. The fraction of sp³-hybridized carbons (Fsp3) is 0.150. The first-order valence-corrected chi connectivity index (χ1v) is 8.04. The predicted octanol–water partition coefficient (Wildman–Crippen LogP) is 4.56. The van der Waals surface area contributed by atoms with Gasteiger partial charge in [0, 0.05) is 24.9 Å². The van der Waals surface area contributed by atoms with Crippen molar-refractivity contribution < 1.29 is 9.52 Å². The van der Waals surface area contributed by atoms with Gasteiger partial charge in [0.15, 0.2) is 0 Å². The third-order valence-electron chi connectivity index (χ3n) is 4.38. The molecule has 4 rings (SSSR count). The van der Waals surface area contributed by atoms with Crippen molar-refractivity contribution in [2.45, 2.75) is 18.9 Å². The lowest BCUT2D eigenvalue weighted by atomic mass is 9.93. The number of rotatable bonds is 5. The second-order valence-electron chi connectivity index (χ2n) is 5.85. The van der Waals surface area contributed by atoms with Crippen molar-refractivity contribution in [3.63, 3.8) is 0 Å². The van der Waals surface area contributed by atoms with Crippen LogP contribution in [0, 0.1) is 0 Å². The summed E-state index contributed by atoms with van der Waals surface area (Å²) in [6.45, 7) is 0.683. The number of benzene rings is 1. The molecule has 1 N–H and O–H groups in total. The Balaban J connectivity index is 1.62.